The first-order valence-electron chi connectivity index (χ1n) is 7.29. The standard InChI is InChI=1S/C15H28N2O4/c1-12(2)5-8-21-11-15(19)16-7-10-20-9-6-14(18)17-13(3)4/h12H,3,5-11H2,1-2,4H3,(H,16,19)(H,17,18). The summed E-state index contributed by atoms with van der Waals surface area (Å²) >= 11 is 0. The van der Waals surface area contributed by atoms with Gasteiger partial charge in [-0.05, 0) is 19.3 Å². The van der Waals surface area contributed by atoms with Crippen molar-refractivity contribution in [2.24, 2.45) is 5.92 Å². The van der Waals surface area contributed by atoms with E-state index in [4.69, 9.17) is 9.47 Å². The summed E-state index contributed by atoms with van der Waals surface area (Å²) in [7, 11) is 0. The largest absolute Gasteiger partial charge is 0.379 e. The van der Waals surface area contributed by atoms with Crippen molar-refractivity contribution in [2.75, 3.05) is 33.0 Å². The zero-order valence-electron chi connectivity index (χ0n) is 13.4. The molecule has 122 valence electrons. The van der Waals surface area contributed by atoms with Crippen molar-refractivity contribution in [3.8, 4) is 0 Å². The zero-order chi connectivity index (χ0) is 16.1. The summed E-state index contributed by atoms with van der Waals surface area (Å²) in [6.45, 7) is 11.3. The molecule has 0 aromatic carbocycles. The van der Waals surface area contributed by atoms with Crippen molar-refractivity contribution >= 4 is 11.8 Å². The lowest BCUT2D eigenvalue weighted by Gasteiger charge is -2.08. The van der Waals surface area contributed by atoms with Crippen molar-refractivity contribution in [1.82, 2.24) is 10.6 Å². The molecule has 0 radical (unpaired) electrons. The van der Waals surface area contributed by atoms with E-state index < -0.39 is 0 Å². The van der Waals surface area contributed by atoms with Crippen LogP contribution in [-0.2, 0) is 19.1 Å². The molecular weight excluding hydrogens is 272 g/mol. The van der Waals surface area contributed by atoms with Gasteiger partial charge in [0.2, 0.25) is 11.8 Å². The monoisotopic (exact) mass is 300 g/mol. The molecule has 21 heavy (non-hydrogen) atoms. The van der Waals surface area contributed by atoms with E-state index in [-0.39, 0.29) is 24.8 Å². The van der Waals surface area contributed by atoms with Gasteiger partial charge in [-0.2, -0.15) is 0 Å². The van der Waals surface area contributed by atoms with E-state index in [1.54, 1.807) is 6.92 Å². The smallest absolute Gasteiger partial charge is 0.246 e. The van der Waals surface area contributed by atoms with Crippen LogP contribution in [-0.4, -0.2) is 44.8 Å². The van der Waals surface area contributed by atoms with Gasteiger partial charge in [-0.3, -0.25) is 9.59 Å². The third-order valence-corrected chi connectivity index (χ3v) is 2.47. The number of rotatable bonds is 12. The Morgan fingerprint density at radius 3 is 2.43 bits per heavy atom. The van der Waals surface area contributed by atoms with E-state index in [0.29, 0.717) is 38.0 Å². The minimum atomic E-state index is -0.151. The molecule has 0 bridgehead atoms. The van der Waals surface area contributed by atoms with Crippen LogP contribution >= 0.6 is 0 Å². The predicted molar refractivity (Wildman–Crippen MR) is 81.7 cm³/mol. The SMILES string of the molecule is C=C(C)NC(=O)CCOCCNC(=O)COCCC(C)C. The quantitative estimate of drug-likeness (QED) is 0.531. The fraction of sp³-hybridized carbons (Fsp3) is 0.733. The first-order chi connectivity index (χ1) is 9.91. The highest BCUT2D eigenvalue weighted by molar-refractivity contribution is 5.77. The van der Waals surface area contributed by atoms with Crippen LogP contribution in [0, 0.1) is 5.92 Å². The summed E-state index contributed by atoms with van der Waals surface area (Å²) < 4.78 is 10.5. The first-order valence-corrected chi connectivity index (χ1v) is 7.29. The lowest BCUT2D eigenvalue weighted by molar-refractivity contribution is -0.126. The molecule has 0 aliphatic rings. The Hall–Kier alpha value is -1.40. The summed E-state index contributed by atoms with van der Waals surface area (Å²) in [5.74, 6) is 0.302. The van der Waals surface area contributed by atoms with E-state index in [9.17, 15) is 9.59 Å². The molecule has 0 rings (SSSR count). The topological polar surface area (TPSA) is 76.7 Å². The van der Waals surface area contributed by atoms with Gasteiger partial charge in [0.1, 0.15) is 6.61 Å². The maximum atomic E-state index is 11.4. The lowest BCUT2D eigenvalue weighted by Crippen LogP contribution is -2.31. The highest BCUT2D eigenvalue weighted by atomic mass is 16.5. The Morgan fingerprint density at radius 2 is 1.81 bits per heavy atom. The van der Waals surface area contributed by atoms with Gasteiger partial charge in [-0.15, -0.1) is 0 Å². The molecule has 0 spiro atoms. The van der Waals surface area contributed by atoms with Gasteiger partial charge in [0.15, 0.2) is 0 Å². The minimum absolute atomic E-state index is 0.0771. The predicted octanol–water partition coefficient (Wildman–Crippen LogP) is 1.22. The van der Waals surface area contributed by atoms with Gasteiger partial charge < -0.3 is 20.1 Å². The third kappa shape index (κ3) is 14.8. The highest BCUT2D eigenvalue weighted by Gasteiger charge is 2.03. The van der Waals surface area contributed by atoms with E-state index >= 15 is 0 Å². The van der Waals surface area contributed by atoms with Crippen LogP contribution in [0.2, 0.25) is 0 Å². The summed E-state index contributed by atoms with van der Waals surface area (Å²) in [5, 5.41) is 5.28. The fourth-order valence-corrected chi connectivity index (χ4v) is 1.36. The molecule has 0 aromatic rings. The van der Waals surface area contributed by atoms with Crippen molar-refractivity contribution in [2.45, 2.75) is 33.6 Å². The van der Waals surface area contributed by atoms with E-state index in [0.717, 1.165) is 6.42 Å². The third-order valence-electron chi connectivity index (χ3n) is 2.47. The second-order valence-electron chi connectivity index (χ2n) is 5.28. The molecule has 0 saturated carbocycles. The molecular formula is C15H28N2O4. The number of hydrogen-bond donors (Lipinski definition) is 2. The van der Waals surface area contributed by atoms with Gasteiger partial charge in [0, 0.05) is 18.8 Å². The Balaban J connectivity index is 3.36. The van der Waals surface area contributed by atoms with Crippen molar-refractivity contribution < 1.29 is 19.1 Å². The number of hydrogen-bond acceptors (Lipinski definition) is 4. The van der Waals surface area contributed by atoms with Crippen molar-refractivity contribution in [3.63, 3.8) is 0 Å². The molecule has 0 aromatic heterocycles. The van der Waals surface area contributed by atoms with E-state index in [1.165, 1.54) is 0 Å². The average Bonchev–Trinajstić information content (AvgIpc) is 2.37. The van der Waals surface area contributed by atoms with Crippen LogP contribution in [0.25, 0.3) is 0 Å². The van der Waals surface area contributed by atoms with Crippen LogP contribution < -0.4 is 10.6 Å². The van der Waals surface area contributed by atoms with Gasteiger partial charge in [-0.1, -0.05) is 20.4 Å². The van der Waals surface area contributed by atoms with Crippen LogP contribution in [0.1, 0.15) is 33.6 Å². The Kier molecular flexibility index (Phi) is 11.5. The van der Waals surface area contributed by atoms with Gasteiger partial charge in [-0.25, -0.2) is 0 Å². The minimum Gasteiger partial charge on any atom is -0.379 e. The first kappa shape index (κ1) is 19.6. The highest BCUT2D eigenvalue weighted by Crippen LogP contribution is 1.98. The summed E-state index contributed by atoms with van der Waals surface area (Å²) in [4.78, 5) is 22.6. The van der Waals surface area contributed by atoms with Crippen LogP contribution in [0.15, 0.2) is 12.3 Å². The van der Waals surface area contributed by atoms with E-state index in [2.05, 4.69) is 31.1 Å². The van der Waals surface area contributed by atoms with E-state index in [1.807, 2.05) is 0 Å². The zero-order valence-corrected chi connectivity index (χ0v) is 13.4. The number of amides is 2. The summed E-state index contributed by atoms with van der Waals surface area (Å²) in [6, 6.07) is 0. The Morgan fingerprint density at radius 1 is 1.10 bits per heavy atom. The molecule has 2 N–H and O–H groups in total. The summed E-state index contributed by atoms with van der Waals surface area (Å²) in [6.07, 6.45) is 1.22. The molecule has 6 nitrogen and oxygen atoms in total. The normalized spacial score (nSPS) is 10.5. The average molecular weight is 300 g/mol. The van der Waals surface area contributed by atoms with Crippen molar-refractivity contribution in [3.05, 3.63) is 12.3 Å². The molecule has 0 unspecified atom stereocenters. The molecule has 0 atom stereocenters. The second-order valence-corrected chi connectivity index (χ2v) is 5.28. The number of carbonyl (C=O) groups excluding carboxylic acids is 2. The van der Waals surface area contributed by atoms with Crippen LogP contribution in [0.4, 0.5) is 0 Å². The number of allylic oxidation sites excluding steroid dienone is 1. The second kappa shape index (κ2) is 12.3. The number of ether oxygens (including phenoxy) is 2. The van der Waals surface area contributed by atoms with Crippen LogP contribution in [0.5, 0.6) is 0 Å². The van der Waals surface area contributed by atoms with Gasteiger partial charge in [0.25, 0.3) is 0 Å². The Bertz CT molecular complexity index is 330. The maximum absolute atomic E-state index is 11.4. The number of nitrogens with one attached hydrogen (secondary N) is 2. The molecule has 0 aliphatic heterocycles. The molecule has 0 saturated heterocycles. The molecule has 0 fully saturated rings. The Labute approximate surface area is 127 Å². The van der Waals surface area contributed by atoms with Crippen LogP contribution in [0.3, 0.4) is 0 Å². The number of carbonyl (C=O) groups is 2. The molecule has 2 amide bonds. The van der Waals surface area contributed by atoms with Gasteiger partial charge >= 0.3 is 0 Å². The summed E-state index contributed by atoms with van der Waals surface area (Å²) in [5.41, 5.74) is 0.615. The molecule has 0 heterocycles. The lowest BCUT2D eigenvalue weighted by atomic mass is 10.1. The van der Waals surface area contributed by atoms with Gasteiger partial charge in [0.05, 0.1) is 19.6 Å². The fourth-order valence-electron chi connectivity index (χ4n) is 1.36. The maximum Gasteiger partial charge on any atom is 0.246 e. The molecule has 6 heteroatoms. The molecule has 0 aliphatic carbocycles. The van der Waals surface area contributed by atoms with Crippen molar-refractivity contribution in [1.29, 1.82) is 0 Å².